The molecule has 2 aliphatic heterocycles. The molecule has 1 aromatic carbocycles. The fourth-order valence-corrected chi connectivity index (χ4v) is 2.78. The van der Waals surface area contributed by atoms with Crippen LogP contribution < -0.4 is 10.6 Å². The monoisotopic (exact) mass is 273 g/mol. The maximum Gasteiger partial charge on any atom is 0.322 e. The van der Waals surface area contributed by atoms with E-state index in [9.17, 15) is 14.4 Å². The first kappa shape index (κ1) is 12.7. The number of benzene rings is 1. The Morgan fingerprint density at radius 3 is 2.70 bits per heavy atom. The summed E-state index contributed by atoms with van der Waals surface area (Å²) in [4.78, 5) is 37.2. The summed E-state index contributed by atoms with van der Waals surface area (Å²) in [6.45, 7) is 2.56. The molecule has 6 nitrogen and oxygen atoms in total. The molecule has 2 aliphatic rings. The van der Waals surface area contributed by atoms with E-state index in [0.717, 1.165) is 5.56 Å². The molecule has 0 aromatic heterocycles. The van der Waals surface area contributed by atoms with E-state index in [1.807, 2.05) is 25.1 Å². The van der Waals surface area contributed by atoms with Crippen LogP contribution in [0.25, 0.3) is 0 Å². The number of nitrogens with zero attached hydrogens (tertiary/aromatic N) is 1. The van der Waals surface area contributed by atoms with Crippen LogP contribution in [-0.2, 0) is 4.79 Å². The van der Waals surface area contributed by atoms with E-state index in [1.54, 1.807) is 11.0 Å². The van der Waals surface area contributed by atoms with Crippen molar-refractivity contribution >= 4 is 17.8 Å². The number of rotatable bonds is 1. The van der Waals surface area contributed by atoms with Gasteiger partial charge in [0.15, 0.2) is 0 Å². The van der Waals surface area contributed by atoms with Crippen molar-refractivity contribution in [3.63, 3.8) is 0 Å². The summed E-state index contributed by atoms with van der Waals surface area (Å²) in [5.74, 6) is -0.448. The van der Waals surface area contributed by atoms with Crippen molar-refractivity contribution in [1.29, 1.82) is 0 Å². The van der Waals surface area contributed by atoms with Gasteiger partial charge in [-0.15, -0.1) is 0 Å². The molecule has 2 heterocycles. The number of aryl methyl sites for hydroxylation is 1. The first-order valence-electron chi connectivity index (χ1n) is 6.50. The molecule has 104 valence electrons. The molecule has 6 heteroatoms. The first-order chi connectivity index (χ1) is 9.52. The van der Waals surface area contributed by atoms with Crippen LogP contribution in [0, 0.1) is 6.92 Å². The Bertz CT molecular complexity index is 613. The number of amides is 4. The second-order valence-electron chi connectivity index (χ2n) is 5.28. The van der Waals surface area contributed by atoms with Crippen LogP contribution in [0.15, 0.2) is 24.3 Å². The normalized spacial score (nSPS) is 24.9. The zero-order valence-corrected chi connectivity index (χ0v) is 11.1. The van der Waals surface area contributed by atoms with Crippen molar-refractivity contribution in [3.8, 4) is 0 Å². The highest BCUT2D eigenvalue weighted by molar-refractivity contribution is 6.08. The molecule has 2 fully saturated rings. The maximum absolute atomic E-state index is 12.5. The van der Waals surface area contributed by atoms with Gasteiger partial charge in [0, 0.05) is 12.1 Å². The molecule has 1 atom stereocenters. The fraction of sp³-hybridized carbons (Fsp3) is 0.357. The van der Waals surface area contributed by atoms with Gasteiger partial charge in [-0.25, -0.2) is 4.79 Å². The Morgan fingerprint density at radius 1 is 1.30 bits per heavy atom. The Hall–Kier alpha value is -2.37. The molecule has 0 saturated carbocycles. The van der Waals surface area contributed by atoms with Crippen molar-refractivity contribution in [2.45, 2.75) is 18.9 Å². The van der Waals surface area contributed by atoms with Gasteiger partial charge in [0.25, 0.3) is 11.8 Å². The number of hydrogen-bond acceptors (Lipinski definition) is 3. The second kappa shape index (κ2) is 4.33. The first-order valence-corrected chi connectivity index (χ1v) is 6.50. The van der Waals surface area contributed by atoms with Gasteiger partial charge < -0.3 is 10.2 Å². The third-order valence-corrected chi connectivity index (χ3v) is 3.95. The number of carbonyl (C=O) groups is 3. The number of likely N-dealkylation sites (tertiary alicyclic amines) is 1. The molecule has 0 radical (unpaired) electrons. The van der Waals surface area contributed by atoms with Crippen LogP contribution in [0.2, 0.25) is 0 Å². The standard InChI is InChI=1S/C14H15N3O3/c1-9-4-2-3-5-10(9)11(18)17-7-6-14(8-17)12(19)15-13(20)16-14/h2-5H,6-8H2,1H3,(H2,15,16,19,20). The largest absolute Gasteiger partial charge is 0.336 e. The number of hydrogen-bond donors (Lipinski definition) is 2. The maximum atomic E-state index is 12.5. The van der Waals surface area contributed by atoms with Crippen molar-refractivity contribution in [3.05, 3.63) is 35.4 Å². The van der Waals surface area contributed by atoms with Crippen LogP contribution in [0.5, 0.6) is 0 Å². The molecule has 1 unspecified atom stereocenters. The quantitative estimate of drug-likeness (QED) is 0.728. The van der Waals surface area contributed by atoms with E-state index in [0.29, 0.717) is 18.5 Å². The predicted molar refractivity (Wildman–Crippen MR) is 71.1 cm³/mol. The average Bonchev–Trinajstić information content (AvgIpc) is 2.95. The number of carbonyl (C=O) groups excluding carboxylic acids is 3. The van der Waals surface area contributed by atoms with Gasteiger partial charge in [-0.1, -0.05) is 18.2 Å². The van der Waals surface area contributed by atoms with Crippen molar-refractivity contribution < 1.29 is 14.4 Å². The molecule has 3 rings (SSSR count). The molecule has 1 aromatic rings. The Labute approximate surface area is 116 Å². The van der Waals surface area contributed by atoms with Crippen LogP contribution in [0.1, 0.15) is 22.3 Å². The Morgan fingerprint density at radius 2 is 2.05 bits per heavy atom. The summed E-state index contributed by atoms with van der Waals surface area (Å²) >= 11 is 0. The Balaban J connectivity index is 1.81. The number of nitrogens with one attached hydrogen (secondary N) is 2. The molecule has 2 saturated heterocycles. The topological polar surface area (TPSA) is 78.5 Å². The van der Waals surface area contributed by atoms with Gasteiger partial charge in [-0.2, -0.15) is 0 Å². The third kappa shape index (κ3) is 1.84. The van der Waals surface area contributed by atoms with Gasteiger partial charge in [0.1, 0.15) is 5.54 Å². The molecule has 1 spiro atoms. The van der Waals surface area contributed by atoms with E-state index in [2.05, 4.69) is 10.6 Å². The number of urea groups is 1. The van der Waals surface area contributed by atoms with Crippen LogP contribution in [-0.4, -0.2) is 41.4 Å². The summed E-state index contributed by atoms with van der Waals surface area (Å²) in [7, 11) is 0. The zero-order valence-electron chi connectivity index (χ0n) is 11.1. The highest BCUT2D eigenvalue weighted by Gasteiger charge is 2.51. The third-order valence-electron chi connectivity index (χ3n) is 3.95. The molecular formula is C14H15N3O3. The lowest BCUT2D eigenvalue weighted by atomic mass is 9.99. The van der Waals surface area contributed by atoms with Crippen LogP contribution >= 0.6 is 0 Å². The summed E-state index contributed by atoms with van der Waals surface area (Å²) in [5.41, 5.74) is 0.586. The Kier molecular flexibility index (Phi) is 2.74. The molecular weight excluding hydrogens is 258 g/mol. The minimum absolute atomic E-state index is 0.103. The zero-order chi connectivity index (χ0) is 14.3. The molecule has 4 amide bonds. The molecule has 20 heavy (non-hydrogen) atoms. The summed E-state index contributed by atoms with van der Waals surface area (Å²) < 4.78 is 0. The van der Waals surface area contributed by atoms with Crippen molar-refractivity contribution in [1.82, 2.24) is 15.5 Å². The lowest BCUT2D eigenvalue weighted by Gasteiger charge is -2.21. The van der Waals surface area contributed by atoms with Gasteiger partial charge in [-0.05, 0) is 25.0 Å². The van der Waals surface area contributed by atoms with E-state index >= 15 is 0 Å². The summed E-state index contributed by atoms with van der Waals surface area (Å²) in [5, 5.41) is 4.87. The van der Waals surface area contributed by atoms with Gasteiger partial charge in [0.05, 0.1) is 6.54 Å². The molecule has 0 bridgehead atoms. The predicted octanol–water partition coefficient (Wildman–Crippen LogP) is 0.419. The fourth-order valence-electron chi connectivity index (χ4n) is 2.78. The summed E-state index contributed by atoms with van der Waals surface area (Å²) in [6, 6.07) is 6.86. The minimum Gasteiger partial charge on any atom is -0.336 e. The van der Waals surface area contributed by atoms with E-state index < -0.39 is 11.6 Å². The second-order valence-corrected chi connectivity index (χ2v) is 5.28. The van der Waals surface area contributed by atoms with E-state index in [4.69, 9.17) is 0 Å². The minimum atomic E-state index is -0.949. The number of imide groups is 1. The van der Waals surface area contributed by atoms with Crippen molar-refractivity contribution in [2.75, 3.05) is 13.1 Å². The van der Waals surface area contributed by atoms with Crippen LogP contribution in [0.4, 0.5) is 4.79 Å². The van der Waals surface area contributed by atoms with Crippen LogP contribution in [0.3, 0.4) is 0 Å². The smallest absolute Gasteiger partial charge is 0.322 e. The van der Waals surface area contributed by atoms with Gasteiger partial charge in [-0.3, -0.25) is 14.9 Å². The average molecular weight is 273 g/mol. The molecule has 2 N–H and O–H groups in total. The van der Waals surface area contributed by atoms with Gasteiger partial charge in [0.2, 0.25) is 0 Å². The highest BCUT2D eigenvalue weighted by Crippen LogP contribution is 2.26. The SMILES string of the molecule is Cc1ccccc1C(=O)N1CCC2(C1)NC(=O)NC2=O. The van der Waals surface area contributed by atoms with E-state index in [1.165, 1.54) is 0 Å². The summed E-state index contributed by atoms with van der Waals surface area (Å²) in [6.07, 6.45) is 0.447. The van der Waals surface area contributed by atoms with E-state index in [-0.39, 0.29) is 18.4 Å². The lowest BCUT2D eigenvalue weighted by molar-refractivity contribution is -0.123. The lowest BCUT2D eigenvalue weighted by Crippen LogP contribution is -2.49. The van der Waals surface area contributed by atoms with Crippen molar-refractivity contribution in [2.24, 2.45) is 0 Å². The highest BCUT2D eigenvalue weighted by atomic mass is 16.2. The van der Waals surface area contributed by atoms with Gasteiger partial charge >= 0.3 is 6.03 Å². The molecule has 0 aliphatic carbocycles.